The molecule has 0 N–H and O–H groups in total. The van der Waals surface area contributed by atoms with E-state index in [0.717, 1.165) is 24.7 Å². The van der Waals surface area contributed by atoms with Gasteiger partial charge in [-0.2, -0.15) is 0 Å². The highest BCUT2D eigenvalue weighted by Crippen LogP contribution is 2.57. The van der Waals surface area contributed by atoms with Gasteiger partial charge in [0.05, 0.1) is 0 Å². The maximum Gasteiger partial charge on any atom is 0.205 e. The lowest BCUT2D eigenvalue weighted by Gasteiger charge is -2.37. The molecule has 2 nitrogen and oxygen atoms in total. The highest BCUT2D eigenvalue weighted by Gasteiger charge is 2.53. The van der Waals surface area contributed by atoms with Crippen LogP contribution in [0.2, 0.25) is 0 Å². The average molecular weight is 345 g/mol. The molecule has 0 aliphatic heterocycles. The van der Waals surface area contributed by atoms with E-state index in [-0.39, 0.29) is 11.7 Å². The SMILES string of the molecule is CCOC(Oc1ccc(CCC(C)(C)C)cc1)C12CCCC1CCC2. The van der Waals surface area contributed by atoms with Gasteiger partial charge in [-0.05, 0) is 74.5 Å². The summed E-state index contributed by atoms with van der Waals surface area (Å²) in [6.07, 6.45) is 10.2. The van der Waals surface area contributed by atoms with Gasteiger partial charge in [-0.1, -0.05) is 45.7 Å². The van der Waals surface area contributed by atoms with E-state index in [2.05, 4.69) is 52.0 Å². The van der Waals surface area contributed by atoms with Crippen LogP contribution in [0.5, 0.6) is 5.75 Å². The van der Waals surface area contributed by atoms with Crippen molar-refractivity contribution in [1.29, 1.82) is 0 Å². The number of hydrogen-bond acceptors (Lipinski definition) is 2. The van der Waals surface area contributed by atoms with Crippen molar-refractivity contribution in [2.24, 2.45) is 16.7 Å². The zero-order chi connectivity index (χ0) is 17.9. The molecule has 0 heterocycles. The first kappa shape index (κ1) is 18.8. The van der Waals surface area contributed by atoms with Crippen LogP contribution in [-0.2, 0) is 11.2 Å². The number of benzene rings is 1. The van der Waals surface area contributed by atoms with Crippen LogP contribution in [-0.4, -0.2) is 12.9 Å². The molecule has 1 aromatic rings. The molecule has 0 spiro atoms. The molecular formula is C23H36O2. The van der Waals surface area contributed by atoms with E-state index in [0.29, 0.717) is 5.41 Å². The van der Waals surface area contributed by atoms with Crippen LogP contribution < -0.4 is 4.74 Å². The summed E-state index contributed by atoms with van der Waals surface area (Å²) in [4.78, 5) is 0. The standard InChI is InChI=1S/C23H36O2/c1-5-24-21(23-15-6-8-19(23)9-7-16-23)25-20-12-10-18(11-13-20)14-17-22(2,3)4/h10-13,19,21H,5-9,14-17H2,1-4H3. The van der Waals surface area contributed by atoms with E-state index >= 15 is 0 Å². The fourth-order valence-corrected chi connectivity index (χ4v) is 4.88. The monoisotopic (exact) mass is 344 g/mol. The first-order chi connectivity index (χ1) is 11.9. The first-order valence-electron chi connectivity index (χ1n) is 10.3. The van der Waals surface area contributed by atoms with Crippen LogP contribution in [0.4, 0.5) is 0 Å². The highest BCUT2D eigenvalue weighted by atomic mass is 16.7. The van der Waals surface area contributed by atoms with Crippen molar-refractivity contribution < 1.29 is 9.47 Å². The lowest BCUT2D eigenvalue weighted by molar-refractivity contribution is -0.162. The molecule has 0 bridgehead atoms. The summed E-state index contributed by atoms with van der Waals surface area (Å²) in [5.41, 5.74) is 2.04. The molecule has 0 amide bonds. The van der Waals surface area contributed by atoms with Gasteiger partial charge in [0.1, 0.15) is 5.75 Å². The van der Waals surface area contributed by atoms with E-state index < -0.39 is 0 Å². The van der Waals surface area contributed by atoms with Crippen molar-refractivity contribution >= 4 is 0 Å². The number of aryl methyl sites for hydroxylation is 1. The quantitative estimate of drug-likeness (QED) is 0.534. The Morgan fingerprint density at radius 1 is 1.08 bits per heavy atom. The summed E-state index contributed by atoms with van der Waals surface area (Å²) in [5, 5.41) is 0. The average Bonchev–Trinajstić information content (AvgIpc) is 3.13. The van der Waals surface area contributed by atoms with E-state index in [1.165, 1.54) is 50.5 Å². The van der Waals surface area contributed by atoms with E-state index in [1.54, 1.807) is 0 Å². The van der Waals surface area contributed by atoms with Crippen LogP contribution in [0.15, 0.2) is 24.3 Å². The van der Waals surface area contributed by atoms with Crippen molar-refractivity contribution in [2.75, 3.05) is 6.61 Å². The maximum atomic E-state index is 6.42. The third kappa shape index (κ3) is 4.39. The molecule has 0 saturated heterocycles. The molecule has 2 aliphatic rings. The maximum absolute atomic E-state index is 6.42. The van der Waals surface area contributed by atoms with Gasteiger partial charge >= 0.3 is 0 Å². The van der Waals surface area contributed by atoms with Gasteiger partial charge in [0.15, 0.2) is 0 Å². The number of hydrogen-bond donors (Lipinski definition) is 0. The lowest BCUT2D eigenvalue weighted by Crippen LogP contribution is -2.41. The molecule has 2 aliphatic carbocycles. The van der Waals surface area contributed by atoms with Gasteiger partial charge in [-0.25, -0.2) is 0 Å². The third-order valence-corrected chi connectivity index (χ3v) is 6.32. The number of ether oxygens (including phenoxy) is 2. The van der Waals surface area contributed by atoms with Crippen LogP contribution in [0.1, 0.15) is 78.2 Å². The molecule has 140 valence electrons. The highest BCUT2D eigenvalue weighted by molar-refractivity contribution is 5.27. The topological polar surface area (TPSA) is 18.5 Å². The summed E-state index contributed by atoms with van der Waals surface area (Å²) in [5.74, 6) is 1.76. The summed E-state index contributed by atoms with van der Waals surface area (Å²) >= 11 is 0. The van der Waals surface area contributed by atoms with Crippen LogP contribution in [0.3, 0.4) is 0 Å². The lowest BCUT2D eigenvalue weighted by atomic mass is 9.79. The molecule has 3 rings (SSSR count). The smallest absolute Gasteiger partial charge is 0.205 e. The van der Waals surface area contributed by atoms with Crippen molar-refractivity contribution in [3.8, 4) is 5.75 Å². The Hall–Kier alpha value is -1.02. The second-order valence-electron chi connectivity index (χ2n) is 9.32. The van der Waals surface area contributed by atoms with Crippen LogP contribution >= 0.6 is 0 Å². The third-order valence-electron chi connectivity index (χ3n) is 6.32. The minimum atomic E-state index is -0.0760. The van der Waals surface area contributed by atoms with Gasteiger partial charge in [0, 0.05) is 12.0 Å². The minimum absolute atomic E-state index is 0.0760. The number of rotatable bonds is 7. The van der Waals surface area contributed by atoms with Crippen molar-refractivity contribution in [3.05, 3.63) is 29.8 Å². The Bertz CT molecular complexity index is 530. The molecule has 1 aromatic carbocycles. The fraction of sp³-hybridized carbons (Fsp3) is 0.739. The van der Waals surface area contributed by atoms with Gasteiger partial charge in [0.2, 0.25) is 6.29 Å². The summed E-state index contributed by atoms with van der Waals surface area (Å²) < 4.78 is 12.6. The minimum Gasteiger partial charge on any atom is -0.464 e. The van der Waals surface area contributed by atoms with E-state index in [4.69, 9.17) is 9.47 Å². The largest absolute Gasteiger partial charge is 0.464 e. The second-order valence-corrected chi connectivity index (χ2v) is 9.32. The Labute approximate surface area is 154 Å². The Kier molecular flexibility index (Phi) is 5.78. The van der Waals surface area contributed by atoms with E-state index in [1.807, 2.05) is 0 Å². The molecular weight excluding hydrogens is 308 g/mol. The van der Waals surface area contributed by atoms with Gasteiger partial charge < -0.3 is 9.47 Å². The molecule has 0 radical (unpaired) electrons. The van der Waals surface area contributed by atoms with Gasteiger partial charge in [-0.3, -0.25) is 0 Å². The Morgan fingerprint density at radius 3 is 2.28 bits per heavy atom. The summed E-state index contributed by atoms with van der Waals surface area (Å²) in [7, 11) is 0. The predicted molar refractivity (Wildman–Crippen MR) is 104 cm³/mol. The molecule has 2 saturated carbocycles. The molecule has 25 heavy (non-hydrogen) atoms. The van der Waals surface area contributed by atoms with Crippen molar-refractivity contribution in [1.82, 2.24) is 0 Å². The number of fused-ring (bicyclic) bond motifs is 1. The van der Waals surface area contributed by atoms with Crippen LogP contribution in [0.25, 0.3) is 0 Å². The van der Waals surface area contributed by atoms with Gasteiger partial charge in [-0.15, -0.1) is 0 Å². The Balaban J connectivity index is 1.66. The first-order valence-corrected chi connectivity index (χ1v) is 10.3. The molecule has 1 unspecified atom stereocenters. The normalized spacial score (nSPS) is 27.3. The zero-order valence-electron chi connectivity index (χ0n) is 16.6. The van der Waals surface area contributed by atoms with Crippen LogP contribution in [0, 0.1) is 16.7 Å². The van der Waals surface area contributed by atoms with Gasteiger partial charge in [0.25, 0.3) is 0 Å². The van der Waals surface area contributed by atoms with Crippen molar-refractivity contribution in [2.45, 2.75) is 85.4 Å². The predicted octanol–water partition coefficient (Wildman–Crippen LogP) is 6.38. The molecule has 2 fully saturated rings. The summed E-state index contributed by atoms with van der Waals surface area (Å²) in [6.45, 7) is 9.71. The summed E-state index contributed by atoms with van der Waals surface area (Å²) in [6, 6.07) is 8.73. The molecule has 1 atom stereocenters. The molecule has 2 heteroatoms. The molecule has 0 aromatic heterocycles. The van der Waals surface area contributed by atoms with Crippen molar-refractivity contribution in [3.63, 3.8) is 0 Å². The van der Waals surface area contributed by atoms with E-state index in [9.17, 15) is 0 Å². The zero-order valence-corrected chi connectivity index (χ0v) is 16.6. The fourth-order valence-electron chi connectivity index (χ4n) is 4.88. The Morgan fingerprint density at radius 2 is 1.72 bits per heavy atom. The second kappa shape index (κ2) is 7.70.